The van der Waals surface area contributed by atoms with Crippen molar-refractivity contribution in [1.29, 1.82) is 0 Å². The number of aryl methyl sites for hydroxylation is 1. The second-order valence-electron chi connectivity index (χ2n) is 10.5. The average Bonchev–Trinajstić information content (AvgIpc) is 2.77. The molecule has 178 valence electrons. The summed E-state index contributed by atoms with van der Waals surface area (Å²) in [6, 6.07) is 15.5. The molecule has 1 N–H and O–H groups in total. The minimum atomic E-state index is -0.179. The van der Waals surface area contributed by atoms with Gasteiger partial charge in [0, 0.05) is 5.57 Å². The Labute approximate surface area is 203 Å². The van der Waals surface area contributed by atoms with Crippen molar-refractivity contribution in [3.05, 3.63) is 89.5 Å². The van der Waals surface area contributed by atoms with Crippen molar-refractivity contribution in [3.8, 4) is 5.75 Å². The van der Waals surface area contributed by atoms with E-state index in [9.17, 15) is 4.79 Å². The molecule has 0 radical (unpaired) electrons. The number of ether oxygens (including phenoxy) is 1. The van der Waals surface area contributed by atoms with Crippen LogP contribution in [0.15, 0.2) is 72.8 Å². The first-order valence-electron chi connectivity index (χ1n) is 12.4. The van der Waals surface area contributed by atoms with Crippen molar-refractivity contribution < 1.29 is 14.6 Å². The van der Waals surface area contributed by atoms with Crippen molar-refractivity contribution in [1.82, 2.24) is 0 Å². The Bertz CT molecular complexity index is 1040. The largest absolute Gasteiger partial charge is 0.508 e. The lowest BCUT2D eigenvalue weighted by molar-refractivity contribution is -0.182. The number of benzene rings is 2. The molecule has 0 amide bonds. The fraction of sp³-hybridized carbons (Fsp3) is 0.387. The molecule has 3 heteroatoms. The molecule has 3 nitrogen and oxygen atoms in total. The Hall–Kier alpha value is -3.07. The third-order valence-electron chi connectivity index (χ3n) is 7.26. The monoisotopic (exact) mass is 456 g/mol. The molecule has 4 bridgehead atoms. The molecule has 0 heterocycles. The van der Waals surface area contributed by atoms with Crippen LogP contribution in [-0.4, -0.2) is 16.7 Å². The topological polar surface area (TPSA) is 46.5 Å². The predicted octanol–water partition coefficient (Wildman–Crippen LogP) is 7.50. The summed E-state index contributed by atoms with van der Waals surface area (Å²) < 4.78 is 5.77. The van der Waals surface area contributed by atoms with E-state index in [0.717, 1.165) is 42.6 Å². The molecule has 2 aromatic carbocycles. The Morgan fingerprint density at radius 3 is 2.03 bits per heavy atom. The summed E-state index contributed by atoms with van der Waals surface area (Å²) in [5, 5.41) is 9.16. The highest BCUT2D eigenvalue weighted by Crippen LogP contribution is 2.57. The van der Waals surface area contributed by atoms with Crippen molar-refractivity contribution in [2.24, 2.45) is 17.8 Å². The number of carbonyl (C=O) groups is 1. The third kappa shape index (κ3) is 6.28. The van der Waals surface area contributed by atoms with Crippen LogP contribution in [0.1, 0.15) is 62.1 Å². The number of esters is 1. The lowest BCUT2D eigenvalue weighted by Gasteiger charge is -2.55. The molecule has 0 spiro atoms. The van der Waals surface area contributed by atoms with Gasteiger partial charge in [0.05, 0.1) is 0 Å². The SMILES string of the molecule is C=C(C)C(=O)OC12CC3CC(CC(C3)C1)C2.Cc1cccc(C=CC=Cc2ccc(O)cc2)c1. The number of phenols is 1. The predicted molar refractivity (Wildman–Crippen MR) is 139 cm³/mol. The van der Waals surface area contributed by atoms with Crippen LogP contribution in [0.2, 0.25) is 0 Å². The molecule has 0 atom stereocenters. The molecule has 6 rings (SSSR count). The van der Waals surface area contributed by atoms with E-state index < -0.39 is 0 Å². The number of aromatic hydroxyl groups is 1. The lowest BCUT2D eigenvalue weighted by atomic mass is 9.54. The van der Waals surface area contributed by atoms with Crippen LogP contribution in [0.4, 0.5) is 0 Å². The summed E-state index contributed by atoms with van der Waals surface area (Å²) in [7, 11) is 0. The van der Waals surface area contributed by atoms with E-state index in [1.54, 1.807) is 19.1 Å². The van der Waals surface area contributed by atoms with Gasteiger partial charge in [-0.05, 0) is 93.4 Å². The second-order valence-corrected chi connectivity index (χ2v) is 10.5. The highest BCUT2D eigenvalue weighted by Gasteiger charge is 2.53. The van der Waals surface area contributed by atoms with Gasteiger partial charge in [-0.2, -0.15) is 0 Å². The van der Waals surface area contributed by atoms with Gasteiger partial charge in [-0.25, -0.2) is 4.79 Å². The zero-order chi connectivity index (χ0) is 24.1. The number of hydrogen-bond donors (Lipinski definition) is 1. The molecule has 2 aromatic rings. The van der Waals surface area contributed by atoms with Gasteiger partial charge in [0.2, 0.25) is 0 Å². The van der Waals surface area contributed by atoms with E-state index >= 15 is 0 Å². The van der Waals surface area contributed by atoms with Crippen molar-refractivity contribution in [3.63, 3.8) is 0 Å². The van der Waals surface area contributed by atoms with Gasteiger partial charge >= 0.3 is 5.97 Å². The minimum absolute atomic E-state index is 0.106. The molecule has 34 heavy (non-hydrogen) atoms. The number of carbonyl (C=O) groups excluding carboxylic acids is 1. The van der Waals surface area contributed by atoms with Crippen LogP contribution in [-0.2, 0) is 9.53 Å². The summed E-state index contributed by atoms with van der Waals surface area (Å²) in [6.45, 7) is 7.50. The zero-order valence-corrected chi connectivity index (χ0v) is 20.4. The van der Waals surface area contributed by atoms with Crippen molar-refractivity contribution in [2.45, 2.75) is 58.0 Å². The maximum atomic E-state index is 11.7. The molecule has 4 aliphatic rings. The van der Waals surface area contributed by atoms with Gasteiger partial charge in [0.15, 0.2) is 0 Å². The Kier molecular flexibility index (Phi) is 7.41. The summed E-state index contributed by atoms with van der Waals surface area (Å²) in [5.41, 5.74) is 3.97. The van der Waals surface area contributed by atoms with Crippen molar-refractivity contribution >= 4 is 18.1 Å². The molecule has 0 aromatic heterocycles. The molecule has 4 fully saturated rings. The van der Waals surface area contributed by atoms with Crippen LogP contribution in [0, 0.1) is 24.7 Å². The molecular formula is C31H36O3. The summed E-state index contributed by atoms with van der Waals surface area (Å²) in [5.74, 6) is 2.59. The standard InChI is InChI=1S/C17H16O.C14H20O2/c1-14-5-4-8-16(13-14)7-3-2-6-15-9-11-17(18)12-10-15;1-9(2)13(15)16-14-6-10-3-11(7-14)5-12(4-10)8-14/h2-13,18H,1H3;10-12H,1,3-8H2,2H3. The van der Waals surface area contributed by atoms with E-state index in [1.807, 2.05) is 30.4 Å². The molecule has 0 unspecified atom stereocenters. The zero-order valence-electron chi connectivity index (χ0n) is 20.4. The van der Waals surface area contributed by atoms with E-state index in [1.165, 1.54) is 30.4 Å². The number of allylic oxidation sites excluding steroid dienone is 2. The maximum absolute atomic E-state index is 11.7. The summed E-state index contributed by atoms with van der Waals surface area (Å²) in [6.07, 6.45) is 15.6. The van der Waals surface area contributed by atoms with Gasteiger partial charge in [0.1, 0.15) is 11.4 Å². The van der Waals surface area contributed by atoms with Gasteiger partial charge in [-0.1, -0.05) is 72.8 Å². The van der Waals surface area contributed by atoms with Crippen LogP contribution >= 0.6 is 0 Å². The first-order chi connectivity index (χ1) is 16.3. The van der Waals surface area contributed by atoms with Crippen LogP contribution in [0.3, 0.4) is 0 Å². The maximum Gasteiger partial charge on any atom is 0.333 e. The average molecular weight is 457 g/mol. The smallest absolute Gasteiger partial charge is 0.333 e. The van der Waals surface area contributed by atoms with Crippen LogP contribution in [0.25, 0.3) is 12.2 Å². The highest BCUT2D eigenvalue weighted by atomic mass is 16.6. The van der Waals surface area contributed by atoms with E-state index in [4.69, 9.17) is 9.84 Å². The van der Waals surface area contributed by atoms with E-state index in [-0.39, 0.29) is 11.6 Å². The fourth-order valence-electron chi connectivity index (χ4n) is 6.13. The summed E-state index contributed by atoms with van der Waals surface area (Å²) >= 11 is 0. The summed E-state index contributed by atoms with van der Waals surface area (Å²) in [4.78, 5) is 11.7. The number of hydrogen-bond acceptors (Lipinski definition) is 3. The Morgan fingerprint density at radius 2 is 1.50 bits per heavy atom. The number of phenolic OH excluding ortho intramolecular Hbond substituents is 1. The molecular weight excluding hydrogens is 420 g/mol. The van der Waals surface area contributed by atoms with Crippen molar-refractivity contribution in [2.75, 3.05) is 0 Å². The molecule has 4 saturated carbocycles. The highest BCUT2D eigenvalue weighted by molar-refractivity contribution is 5.87. The van der Waals surface area contributed by atoms with Gasteiger partial charge in [-0.15, -0.1) is 0 Å². The quantitative estimate of drug-likeness (QED) is 0.288. The molecule has 0 aliphatic heterocycles. The van der Waals surface area contributed by atoms with Gasteiger partial charge in [-0.3, -0.25) is 0 Å². The first kappa shape index (κ1) is 24.1. The number of rotatable bonds is 5. The lowest BCUT2D eigenvalue weighted by Crippen LogP contribution is -2.52. The second kappa shape index (κ2) is 10.5. The van der Waals surface area contributed by atoms with E-state index in [2.05, 4.69) is 43.8 Å². The fourth-order valence-corrected chi connectivity index (χ4v) is 6.13. The normalized spacial score (nSPS) is 26.9. The van der Waals surface area contributed by atoms with Gasteiger partial charge < -0.3 is 9.84 Å². The Balaban J connectivity index is 0.000000162. The van der Waals surface area contributed by atoms with E-state index in [0.29, 0.717) is 11.3 Å². The first-order valence-corrected chi connectivity index (χ1v) is 12.4. The van der Waals surface area contributed by atoms with Crippen LogP contribution < -0.4 is 0 Å². The third-order valence-corrected chi connectivity index (χ3v) is 7.26. The van der Waals surface area contributed by atoms with Crippen LogP contribution in [0.5, 0.6) is 5.75 Å². The molecule has 4 aliphatic carbocycles. The minimum Gasteiger partial charge on any atom is -0.508 e. The molecule has 0 saturated heterocycles. The Morgan fingerprint density at radius 1 is 0.941 bits per heavy atom. The van der Waals surface area contributed by atoms with Gasteiger partial charge in [0.25, 0.3) is 0 Å².